The van der Waals surface area contributed by atoms with E-state index in [4.69, 9.17) is 0 Å². The van der Waals surface area contributed by atoms with Crippen LogP contribution in [-0.4, -0.2) is 63.1 Å². The number of aromatic amines is 2. The molecule has 4 rings (SSSR count). The molecule has 0 atom stereocenters. The van der Waals surface area contributed by atoms with Gasteiger partial charge in [0.25, 0.3) is 5.91 Å². The zero-order chi connectivity index (χ0) is 19.3. The normalized spacial score (nSPS) is 19.3. The lowest BCUT2D eigenvalue weighted by Gasteiger charge is -2.49. The molecule has 0 aromatic carbocycles. The van der Waals surface area contributed by atoms with Gasteiger partial charge in [0, 0.05) is 44.4 Å². The predicted molar refractivity (Wildman–Crippen MR) is 102 cm³/mol. The number of amides is 1. The molecule has 7 nitrogen and oxygen atoms in total. The Morgan fingerprint density at radius 1 is 1.19 bits per heavy atom. The van der Waals surface area contributed by atoms with Gasteiger partial charge in [-0.3, -0.25) is 14.5 Å². The van der Waals surface area contributed by atoms with Gasteiger partial charge in [0.15, 0.2) is 5.78 Å². The number of aryl methyl sites for hydroxylation is 1. The number of Topliss-reactive ketones (excluding diaryl/α,β-unsaturated/α-hetero) is 1. The fraction of sp³-hybridized carbons (Fsp3) is 0.550. The number of fused-ring (bicyclic) bond motifs is 2. The molecule has 2 aromatic rings. The molecule has 144 valence electrons. The third kappa shape index (κ3) is 2.64. The molecule has 0 aliphatic carbocycles. The van der Waals surface area contributed by atoms with E-state index in [0.29, 0.717) is 24.3 Å². The number of piperidine rings is 1. The van der Waals surface area contributed by atoms with Gasteiger partial charge in [-0.15, -0.1) is 0 Å². The fourth-order valence-corrected chi connectivity index (χ4v) is 4.87. The topological polar surface area (TPSA) is 85.1 Å². The van der Waals surface area contributed by atoms with Crippen molar-refractivity contribution in [3.63, 3.8) is 0 Å². The van der Waals surface area contributed by atoms with Gasteiger partial charge in [-0.05, 0) is 39.3 Å². The number of hydrogen-bond donors (Lipinski definition) is 2. The summed E-state index contributed by atoms with van der Waals surface area (Å²) in [6, 6.07) is 0. The van der Waals surface area contributed by atoms with E-state index in [1.165, 1.54) is 12.6 Å². The third-order valence-corrected chi connectivity index (χ3v) is 6.47. The van der Waals surface area contributed by atoms with E-state index >= 15 is 0 Å². The Balaban J connectivity index is 1.57. The van der Waals surface area contributed by atoms with Crippen molar-refractivity contribution in [3.05, 3.63) is 40.2 Å². The highest BCUT2D eigenvalue weighted by Crippen LogP contribution is 2.41. The van der Waals surface area contributed by atoms with Crippen molar-refractivity contribution in [2.24, 2.45) is 0 Å². The van der Waals surface area contributed by atoms with Crippen LogP contribution in [0.25, 0.3) is 0 Å². The quantitative estimate of drug-likeness (QED) is 0.795. The Hall–Kier alpha value is -2.41. The molecule has 0 saturated carbocycles. The first kappa shape index (κ1) is 18.0. The summed E-state index contributed by atoms with van der Waals surface area (Å²) in [7, 11) is 2.16. The highest BCUT2D eigenvalue weighted by molar-refractivity contribution is 6.02. The minimum atomic E-state index is -0.0862. The number of likely N-dealkylation sites (tertiary alicyclic amines) is 1. The minimum absolute atomic E-state index is 0.0179. The van der Waals surface area contributed by atoms with Crippen molar-refractivity contribution in [3.8, 4) is 0 Å². The molecule has 27 heavy (non-hydrogen) atoms. The van der Waals surface area contributed by atoms with Gasteiger partial charge in [0.1, 0.15) is 0 Å². The third-order valence-electron chi connectivity index (χ3n) is 6.47. The summed E-state index contributed by atoms with van der Waals surface area (Å²) in [6.07, 6.45) is 4.52. The summed E-state index contributed by atoms with van der Waals surface area (Å²) < 4.78 is 0. The van der Waals surface area contributed by atoms with Gasteiger partial charge in [-0.1, -0.05) is 0 Å². The second kappa shape index (κ2) is 6.34. The average molecular weight is 369 g/mol. The monoisotopic (exact) mass is 369 g/mol. The van der Waals surface area contributed by atoms with E-state index in [0.717, 1.165) is 42.8 Å². The van der Waals surface area contributed by atoms with Crippen LogP contribution in [0.2, 0.25) is 0 Å². The first-order valence-electron chi connectivity index (χ1n) is 9.58. The number of hydrogen-bond acceptors (Lipinski definition) is 4. The van der Waals surface area contributed by atoms with Crippen molar-refractivity contribution < 1.29 is 9.59 Å². The summed E-state index contributed by atoms with van der Waals surface area (Å²) in [5, 5.41) is 0. The van der Waals surface area contributed by atoms with Crippen LogP contribution in [0.15, 0.2) is 6.33 Å². The number of aromatic nitrogens is 3. The van der Waals surface area contributed by atoms with Crippen molar-refractivity contribution in [1.29, 1.82) is 0 Å². The highest BCUT2D eigenvalue weighted by Gasteiger charge is 2.45. The molecule has 0 unspecified atom stereocenters. The van der Waals surface area contributed by atoms with Crippen LogP contribution in [0.1, 0.15) is 63.3 Å². The van der Waals surface area contributed by atoms with Gasteiger partial charge in [0.05, 0.1) is 28.8 Å². The summed E-state index contributed by atoms with van der Waals surface area (Å²) in [6.45, 7) is 7.62. The zero-order valence-electron chi connectivity index (χ0n) is 16.5. The number of ketones is 1. The molecule has 2 aliphatic heterocycles. The van der Waals surface area contributed by atoms with Gasteiger partial charge in [-0.2, -0.15) is 0 Å². The minimum Gasteiger partial charge on any atom is -0.355 e. The average Bonchev–Trinajstić information content (AvgIpc) is 3.23. The van der Waals surface area contributed by atoms with Crippen molar-refractivity contribution in [1.82, 2.24) is 24.8 Å². The number of likely N-dealkylation sites (N-methyl/N-ethyl adjacent to an activating group) is 1. The molecular weight excluding hydrogens is 342 g/mol. The number of nitrogens with one attached hydrogen (secondary N) is 2. The van der Waals surface area contributed by atoms with Crippen LogP contribution in [0.4, 0.5) is 0 Å². The number of imidazole rings is 1. The standard InChI is InChI=1S/C20H27N5O2/c1-12-16(13(2)23-17(12)14(3)26)19(27)25-9-6-20(7-10-25)18-15(21-11-22-18)5-8-24(20)4/h11,23H,5-10H2,1-4H3,(H,21,22). The second-order valence-electron chi connectivity index (χ2n) is 7.91. The van der Waals surface area contributed by atoms with Crippen LogP contribution >= 0.6 is 0 Å². The van der Waals surface area contributed by atoms with E-state index in [9.17, 15) is 9.59 Å². The summed E-state index contributed by atoms with van der Waals surface area (Å²) >= 11 is 0. The van der Waals surface area contributed by atoms with E-state index in [2.05, 4.69) is 26.9 Å². The smallest absolute Gasteiger partial charge is 0.255 e. The molecule has 2 aromatic heterocycles. The number of rotatable bonds is 2. The Labute approximate surface area is 159 Å². The molecule has 7 heteroatoms. The Kier molecular flexibility index (Phi) is 4.22. The molecule has 4 heterocycles. The molecule has 1 amide bonds. The van der Waals surface area contributed by atoms with E-state index in [1.54, 1.807) is 6.33 Å². The highest BCUT2D eigenvalue weighted by atomic mass is 16.2. The molecule has 1 saturated heterocycles. The SMILES string of the molecule is CC(=O)c1[nH]c(C)c(C(=O)N2CCC3(CC2)c2nc[nH]c2CCN3C)c1C. The van der Waals surface area contributed by atoms with Crippen LogP contribution in [0.3, 0.4) is 0 Å². The predicted octanol–water partition coefficient (Wildman–Crippen LogP) is 2.18. The maximum Gasteiger partial charge on any atom is 0.255 e. The Bertz CT molecular complexity index is 902. The van der Waals surface area contributed by atoms with Crippen LogP contribution in [0.5, 0.6) is 0 Å². The van der Waals surface area contributed by atoms with Crippen LogP contribution in [0, 0.1) is 13.8 Å². The molecule has 2 aliphatic rings. The van der Waals surface area contributed by atoms with Gasteiger partial charge < -0.3 is 14.9 Å². The van der Waals surface area contributed by atoms with Gasteiger partial charge >= 0.3 is 0 Å². The van der Waals surface area contributed by atoms with Crippen molar-refractivity contribution in [2.45, 2.75) is 45.6 Å². The number of carbonyl (C=O) groups excluding carboxylic acids is 2. The zero-order valence-corrected chi connectivity index (χ0v) is 16.5. The van der Waals surface area contributed by atoms with Crippen molar-refractivity contribution >= 4 is 11.7 Å². The number of nitrogens with zero attached hydrogens (tertiary/aromatic N) is 3. The summed E-state index contributed by atoms with van der Waals surface area (Å²) in [5.74, 6) is -0.0218. The maximum atomic E-state index is 13.2. The lowest BCUT2D eigenvalue weighted by molar-refractivity contribution is 0.0225. The maximum absolute atomic E-state index is 13.2. The summed E-state index contributed by atoms with van der Waals surface area (Å²) in [5.41, 5.74) is 5.01. The van der Waals surface area contributed by atoms with Crippen LogP contribution < -0.4 is 0 Å². The largest absolute Gasteiger partial charge is 0.355 e. The van der Waals surface area contributed by atoms with Crippen LogP contribution in [-0.2, 0) is 12.0 Å². The van der Waals surface area contributed by atoms with E-state index < -0.39 is 0 Å². The van der Waals surface area contributed by atoms with E-state index in [-0.39, 0.29) is 17.2 Å². The lowest BCUT2D eigenvalue weighted by atomic mass is 9.79. The van der Waals surface area contributed by atoms with E-state index in [1.807, 2.05) is 18.7 Å². The summed E-state index contributed by atoms with van der Waals surface area (Å²) in [4.78, 5) is 40.3. The van der Waals surface area contributed by atoms with Gasteiger partial charge in [-0.25, -0.2) is 4.98 Å². The Morgan fingerprint density at radius 2 is 1.89 bits per heavy atom. The first-order chi connectivity index (χ1) is 12.8. The molecular formula is C20H27N5O2. The molecule has 2 N–H and O–H groups in total. The molecule has 1 fully saturated rings. The fourth-order valence-electron chi connectivity index (χ4n) is 4.87. The number of carbonyl (C=O) groups is 2. The number of H-pyrrole nitrogens is 2. The lowest BCUT2D eigenvalue weighted by Crippen LogP contribution is -2.55. The first-order valence-corrected chi connectivity index (χ1v) is 9.58. The van der Waals surface area contributed by atoms with Gasteiger partial charge in [0.2, 0.25) is 0 Å². The molecule has 0 radical (unpaired) electrons. The second-order valence-corrected chi connectivity index (χ2v) is 7.91. The van der Waals surface area contributed by atoms with Crippen molar-refractivity contribution in [2.75, 3.05) is 26.7 Å². The molecule has 1 spiro atoms. The Morgan fingerprint density at radius 3 is 2.52 bits per heavy atom. The molecule has 0 bridgehead atoms.